The van der Waals surface area contributed by atoms with Crippen LogP contribution < -0.4 is 0 Å². The summed E-state index contributed by atoms with van der Waals surface area (Å²) in [5, 5.41) is 33.9. The van der Waals surface area contributed by atoms with Gasteiger partial charge >= 0.3 is 5.97 Å². The number of aliphatic hydroxyl groups excluding tert-OH is 2. The Morgan fingerprint density at radius 2 is 1.69 bits per heavy atom. The number of hydrogen-bond acceptors (Lipinski definition) is 7. The van der Waals surface area contributed by atoms with Crippen molar-refractivity contribution in [2.24, 2.45) is 39.4 Å². The van der Waals surface area contributed by atoms with Crippen molar-refractivity contribution in [3.8, 4) is 0 Å². The third kappa shape index (κ3) is 4.26. The van der Waals surface area contributed by atoms with Crippen LogP contribution in [-0.4, -0.2) is 50.2 Å². The molecule has 4 aliphatic carbocycles. The lowest BCUT2D eigenvalue weighted by Crippen LogP contribution is -2.64. The highest BCUT2D eigenvalue weighted by Crippen LogP contribution is 2.73. The lowest BCUT2D eigenvalue weighted by Gasteiger charge is -2.63. The predicted octanol–water partition coefficient (Wildman–Crippen LogP) is 5.01. The second-order valence-electron chi connectivity index (χ2n) is 14.7. The Kier molecular flexibility index (Phi) is 6.76. The molecule has 0 heterocycles. The molecule has 39 heavy (non-hydrogen) atoms. The number of carbonyl (C=O) groups is 3. The van der Waals surface area contributed by atoms with Gasteiger partial charge in [0, 0.05) is 37.0 Å². The van der Waals surface area contributed by atoms with Crippen LogP contribution in [0.1, 0.15) is 88.0 Å². The van der Waals surface area contributed by atoms with E-state index in [1.807, 2.05) is 19.9 Å². The summed E-state index contributed by atoms with van der Waals surface area (Å²) >= 11 is 0. The third-order valence-electron chi connectivity index (χ3n) is 11.1. The predicted molar refractivity (Wildman–Crippen MR) is 147 cm³/mol. The zero-order chi connectivity index (χ0) is 29.6. The molecule has 2 saturated carbocycles. The SMILES string of the molecule is CC(=O)OC(C)(C)/C=C/C(=O)C(C)(O)C1[C@H](O)C[C@@]2(C)[C@@H]3CC=C4[C@@H](C=C(O)CC4(C)C)[C@]3(C)C(=O)C[C@]12C. The Morgan fingerprint density at radius 1 is 1.08 bits per heavy atom. The number of esters is 1. The van der Waals surface area contributed by atoms with Gasteiger partial charge in [0.2, 0.25) is 0 Å². The number of hydrogen-bond donors (Lipinski definition) is 3. The number of ketones is 2. The Hall–Kier alpha value is -2.25. The van der Waals surface area contributed by atoms with Gasteiger partial charge < -0.3 is 20.1 Å². The van der Waals surface area contributed by atoms with E-state index in [9.17, 15) is 29.7 Å². The van der Waals surface area contributed by atoms with Crippen LogP contribution in [0.5, 0.6) is 0 Å². The molecule has 0 spiro atoms. The maximum absolute atomic E-state index is 14.3. The Bertz CT molecular complexity index is 1190. The molecule has 216 valence electrons. The molecule has 0 aromatic carbocycles. The van der Waals surface area contributed by atoms with Gasteiger partial charge in [-0.05, 0) is 74.0 Å². The summed E-state index contributed by atoms with van der Waals surface area (Å²) in [5.74, 6) is -2.02. The van der Waals surface area contributed by atoms with Gasteiger partial charge in [-0.2, -0.15) is 0 Å². The fourth-order valence-electron chi connectivity index (χ4n) is 9.15. The first-order valence-corrected chi connectivity index (χ1v) is 14.1. The van der Waals surface area contributed by atoms with E-state index < -0.39 is 51.2 Å². The van der Waals surface area contributed by atoms with Gasteiger partial charge in [0.15, 0.2) is 5.78 Å². The van der Waals surface area contributed by atoms with Crippen LogP contribution in [0.15, 0.2) is 35.6 Å². The lowest BCUT2D eigenvalue weighted by molar-refractivity contribution is -0.179. The molecule has 0 bridgehead atoms. The minimum atomic E-state index is -1.95. The molecular weight excluding hydrogens is 496 g/mol. The first-order valence-electron chi connectivity index (χ1n) is 14.1. The van der Waals surface area contributed by atoms with Crippen molar-refractivity contribution in [2.75, 3.05) is 0 Å². The van der Waals surface area contributed by atoms with Gasteiger partial charge in [-0.3, -0.25) is 14.4 Å². The smallest absolute Gasteiger partial charge is 0.303 e. The van der Waals surface area contributed by atoms with Crippen LogP contribution in [0, 0.1) is 39.4 Å². The normalized spacial score (nSPS) is 41.1. The topological polar surface area (TPSA) is 121 Å². The van der Waals surface area contributed by atoms with Gasteiger partial charge in [-0.25, -0.2) is 0 Å². The molecule has 7 nitrogen and oxygen atoms in total. The van der Waals surface area contributed by atoms with Gasteiger partial charge in [0.1, 0.15) is 17.0 Å². The van der Waals surface area contributed by atoms with Gasteiger partial charge in [-0.1, -0.05) is 46.3 Å². The summed E-state index contributed by atoms with van der Waals surface area (Å²) in [5.41, 5.74) is -4.28. The van der Waals surface area contributed by atoms with Crippen molar-refractivity contribution in [3.63, 3.8) is 0 Å². The zero-order valence-corrected chi connectivity index (χ0v) is 24.9. The largest absolute Gasteiger partial charge is 0.513 e. The molecule has 2 fully saturated rings. The van der Waals surface area contributed by atoms with Crippen LogP contribution >= 0.6 is 0 Å². The van der Waals surface area contributed by atoms with Crippen LogP contribution in [0.25, 0.3) is 0 Å². The first-order chi connectivity index (χ1) is 17.6. The van der Waals surface area contributed by atoms with Crippen molar-refractivity contribution in [3.05, 3.63) is 35.6 Å². The summed E-state index contributed by atoms with van der Waals surface area (Å²) in [4.78, 5) is 39.2. The van der Waals surface area contributed by atoms with Crippen molar-refractivity contribution < 1.29 is 34.4 Å². The molecule has 7 heteroatoms. The van der Waals surface area contributed by atoms with Crippen molar-refractivity contribution in [1.29, 1.82) is 0 Å². The number of allylic oxidation sites excluding steroid dienone is 4. The average molecular weight is 543 g/mol. The van der Waals surface area contributed by atoms with E-state index in [1.165, 1.54) is 31.6 Å². The fourth-order valence-corrected chi connectivity index (χ4v) is 9.15. The number of ether oxygens (including phenoxy) is 1. The molecule has 0 radical (unpaired) electrons. The van der Waals surface area contributed by atoms with E-state index in [0.29, 0.717) is 25.0 Å². The molecule has 0 saturated heterocycles. The standard InChI is InChI=1S/C32H46O7/c1-18(33)39-28(4,5)13-12-24(36)32(9,38)26-22(35)16-29(6)23-11-10-20-21(14-19(34)15-27(20,2)3)31(23,8)25(37)17-30(26,29)7/h10,12-14,21-23,26,34-35,38H,11,15-17H2,1-9H3/b13-12+/t21-,22-,23+,26?,29+,30-,31+,32?/m1/s1. The molecule has 0 aromatic rings. The third-order valence-corrected chi connectivity index (χ3v) is 11.1. The highest BCUT2D eigenvalue weighted by Gasteiger charge is 2.74. The van der Waals surface area contributed by atoms with E-state index in [1.54, 1.807) is 13.8 Å². The van der Waals surface area contributed by atoms with Gasteiger partial charge in [0.25, 0.3) is 0 Å². The Balaban J connectivity index is 1.75. The maximum Gasteiger partial charge on any atom is 0.303 e. The summed E-state index contributed by atoms with van der Waals surface area (Å²) < 4.78 is 5.24. The van der Waals surface area contributed by atoms with E-state index in [-0.39, 0.29) is 29.5 Å². The summed E-state index contributed by atoms with van der Waals surface area (Å²) in [6.07, 6.45) is 7.40. The van der Waals surface area contributed by atoms with Crippen LogP contribution in [-0.2, 0) is 19.1 Å². The van der Waals surface area contributed by atoms with E-state index in [4.69, 9.17) is 4.74 Å². The van der Waals surface area contributed by atoms with E-state index in [0.717, 1.165) is 0 Å². The van der Waals surface area contributed by atoms with E-state index >= 15 is 0 Å². The van der Waals surface area contributed by atoms with Crippen LogP contribution in [0.2, 0.25) is 0 Å². The number of rotatable bonds is 5. The summed E-state index contributed by atoms with van der Waals surface area (Å²) in [6, 6.07) is 0. The molecule has 2 unspecified atom stereocenters. The second kappa shape index (κ2) is 8.87. The quantitative estimate of drug-likeness (QED) is 0.254. The van der Waals surface area contributed by atoms with Crippen LogP contribution in [0.3, 0.4) is 0 Å². The molecular formula is C32H46O7. The van der Waals surface area contributed by atoms with Gasteiger partial charge in [-0.15, -0.1) is 0 Å². The first kappa shape index (κ1) is 29.7. The second-order valence-corrected chi connectivity index (χ2v) is 14.7. The molecule has 8 atom stereocenters. The summed E-state index contributed by atoms with van der Waals surface area (Å²) in [6.45, 7) is 16.2. The average Bonchev–Trinajstić information content (AvgIpc) is 2.96. The number of carbonyl (C=O) groups excluding carboxylic acids is 3. The molecule has 4 rings (SSSR count). The fraction of sp³-hybridized carbons (Fsp3) is 0.719. The van der Waals surface area contributed by atoms with Gasteiger partial charge in [0.05, 0.1) is 11.9 Å². The summed E-state index contributed by atoms with van der Waals surface area (Å²) in [7, 11) is 0. The van der Waals surface area contributed by atoms with Crippen molar-refractivity contribution in [2.45, 2.75) is 105 Å². The minimum absolute atomic E-state index is 0.0405. The maximum atomic E-state index is 14.3. The van der Waals surface area contributed by atoms with Crippen LogP contribution in [0.4, 0.5) is 0 Å². The molecule has 0 aromatic heterocycles. The minimum Gasteiger partial charge on any atom is -0.513 e. The highest BCUT2D eigenvalue weighted by atomic mass is 16.6. The lowest BCUT2D eigenvalue weighted by atomic mass is 9.39. The number of Topliss-reactive ketones (excluding diaryl/α,β-unsaturated/α-hetero) is 1. The highest BCUT2D eigenvalue weighted by molar-refractivity contribution is 5.97. The number of aliphatic hydroxyl groups is 3. The monoisotopic (exact) mass is 542 g/mol. The molecule has 4 aliphatic rings. The van der Waals surface area contributed by atoms with Crippen molar-refractivity contribution in [1.82, 2.24) is 0 Å². The Morgan fingerprint density at radius 3 is 2.28 bits per heavy atom. The molecule has 3 N–H and O–H groups in total. The number of fused-ring (bicyclic) bond motifs is 5. The molecule has 0 aliphatic heterocycles. The zero-order valence-electron chi connectivity index (χ0n) is 24.9. The molecule has 0 amide bonds. The van der Waals surface area contributed by atoms with Crippen molar-refractivity contribution >= 4 is 17.5 Å². The van der Waals surface area contributed by atoms with E-state index in [2.05, 4.69) is 26.8 Å². The Labute approximate surface area is 232 Å².